The van der Waals surface area contributed by atoms with Crippen LogP contribution in [0.3, 0.4) is 0 Å². The minimum Gasteiger partial charge on any atom is -0.384 e. The number of hydrogen-bond donors (Lipinski definition) is 0. The second-order valence-corrected chi connectivity index (χ2v) is 8.30. The Morgan fingerprint density at radius 3 is 2.81 bits per heavy atom. The standard InChI is InChI=1S/C19H32N4O3/c1-15-20-18(26-21-15)12-22-6-4-16-11-17(23-7-9-25-10-8-23)3-5-19(16,13-22)14-24-2/h16-17H,3-14H2,1-2H3/t16-,17-,19+/m1/s1. The Bertz CT molecular complexity index is 589. The van der Waals surface area contributed by atoms with Crippen LogP contribution in [0.15, 0.2) is 4.52 Å². The van der Waals surface area contributed by atoms with Gasteiger partial charge in [0.05, 0.1) is 26.4 Å². The number of fused-ring (bicyclic) bond motifs is 1. The second-order valence-electron chi connectivity index (χ2n) is 8.30. The number of piperidine rings is 1. The summed E-state index contributed by atoms with van der Waals surface area (Å²) in [5, 5.41) is 3.93. The molecule has 1 saturated carbocycles. The summed E-state index contributed by atoms with van der Waals surface area (Å²) in [5.41, 5.74) is 0.269. The van der Waals surface area contributed by atoms with E-state index in [1.54, 1.807) is 0 Å². The molecule has 1 aromatic rings. The van der Waals surface area contributed by atoms with Crippen molar-refractivity contribution >= 4 is 0 Å². The molecular weight excluding hydrogens is 332 g/mol. The fourth-order valence-corrected chi connectivity index (χ4v) is 5.38. The molecule has 7 nitrogen and oxygen atoms in total. The average molecular weight is 364 g/mol. The molecule has 0 radical (unpaired) electrons. The van der Waals surface area contributed by atoms with Crippen LogP contribution in [0.25, 0.3) is 0 Å². The van der Waals surface area contributed by atoms with Crippen molar-refractivity contribution in [2.45, 2.75) is 45.2 Å². The summed E-state index contributed by atoms with van der Waals surface area (Å²) in [6.45, 7) is 9.63. The Hall–Kier alpha value is -1.02. The first-order valence-electron chi connectivity index (χ1n) is 10.0. The predicted octanol–water partition coefficient (Wildman–Crippen LogP) is 1.72. The van der Waals surface area contributed by atoms with Crippen molar-refractivity contribution in [3.8, 4) is 0 Å². The summed E-state index contributed by atoms with van der Waals surface area (Å²) in [4.78, 5) is 9.53. The average Bonchev–Trinajstić information content (AvgIpc) is 3.07. The number of likely N-dealkylation sites (tertiary alicyclic amines) is 1. The van der Waals surface area contributed by atoms with Crippen LogP contribution in [0.1, 0.15) is 37.4 Å². The number of rotatable bonds is 5. The Kier molecular flexibility index (Phi) is 5.59. The van der Waals surface area contributed by atoms with Crippen LogP contribution in [0.2, 0.25) is 0 Å². The third-order valence-corrected chi connectivity index (χ3v) is 6.65. The van der Waals surface area contributed by atoms with Gasteiger partial charge in [-0.05, 0) is 45.1 Å². The van der Waals surface area contributed by atoms with Gasteiger partial charge in [0.1, 0.15) is 0 Å². The number of aromatic nitrogens is 2. The van der Waals surface area contributed by atoms with Crippen LogP contribution in [0.5, 0.6) is 0 Å². The summed E-state index contributed by atoms with van der Waals surface area (Å²) in [7, 11) is 1.85. The van der Waals surface area contributed by atoms with Crippen LogP contribution in [-0.4, -0.2) is 79.1 Å². The lowest BCUT2D eigenvalue weighted by Crippen LogP contribution is -2.56. The van der Waals surface area contributed by atoms with Crippen molar-refractivity contribution in [3.63, 3.8) is 0 Å². The van der Waals surface area contributed by atoms with Gasteiger partial charge in [-0.3, -0.25) is 9.80 Å². The van der Waals surface area contributed by atoms with Gasteiger partial charge < -0.3 is 14.0 Å². The number of hydrogen-bond acceptors (Lipinski definition) is 7. The van der Waals surface area contributed by atoms with Crippen molar-refractivity contribution in [2.24, 2.45) is 11.3 Å². The molecular formula is C19H32N4O3. The van der Waals surface area contributed by atoms with Crippen molar-refractivity contribution in [1.29, 1.82) is 0 Å². The molecule has 0 N–H and O–H groups in total. The van der Waals surface area contributed by atoms with Gasteiger partial charge in [-0.1, -0.05) is 5.16 Å². The maximum atomic E-state index is 5.71. The third-order valence-electron chi connectivity index (χ3n) is 6.65. The van der Waals surface area contributed by atoms with Crippen LogP contribution >= 0.6 is 0 Å². The van der Waals surface area contributed by atoms with Gasteiger partial charge >= 0.3 is 0 Å². The highest BCUT2D eigenvalue weighted by molar-refractivity contribution is 5.00. The lowest BCUT2D eigenvalue weighted by atomic mass is 9.62. The molecule has 0 unspecified atom stereocenters. The van der Waals surface area contributed by atoms with E-state index in [0.717, 1.165) is 70.4 Å². The maximum absolute atomic E-state index is 5.71. The second kappa shape index (κ2) is 7.92. The molecule has 2 saturated heterocycles. The summed E-state index contributed by atoms with van der Waals surface area (Å²) >= 11 is 0. The first-order chi connectivity index (χ1) is 12.7. The van der Waals surface area contributed by atoms with Crippen molar-refractivity contribution in [3.05, 3.63) is 11.7 Å². The molecule has 2 aliphatic heterocycles. The fraction of sp³-hybridized carbons (Fsp3) is 0.895. The van der Waals surface area contributed by atoms with Crippen molar-refractivity contribution in [2.75, 3.05) is 53.1 Å². The highest BCUT2D eigenvalue weighted by atomic mass is 16.5. The van der Waals surface area contributed by atoms with E-state index in [-0.39, 0.29) is 5.41 Å². The largest absolute Gasteiger partial charge is 0.384 e. The molecule has 26 heavy (non-hydrogen) atoms. The van der Waals surface area contributed by atoms with Crippen LogP contribution in [-0.2, 0) is 16.0 Å². The van der Waals surface area contributed by atoms with Crippen LogP contribution in [0.4, 0.5) is 0 Å². The highest BCUT2D eigenvalue weighted by Gasteiger charge is 2.48. The molecule has 0 amide bonds. The molecule has 1 aromatic heterocycles. The summed E-state index contributed by atoms with van der Waals surface area (Å²) in [6, 6.07) is 0.721. The van der Waals surface area contributed by atoms with E-state index >= 15 is 0 Å². The zero-order chi connectivity index (χ0) is 18.0. The van der Waals surface area contributed by atoms with Crippen molar-refractivity contribution < 1.29 is 14.0 Å². The first-order valence-corrected chi connectivity index (χ1v) is 10.0. The smallest absolute Gasteiger partial charge is 0.240 e. The Balaban J connectivity index is 1.42. The monoisotopic (exact) mass is 364 g/mol. The van der Waals surface area contributed by atoms with E-state index in [1.165, 1.54) is 25.7 Å². The lowest BCUT2D eigenvalue weighted by Gasteiger charge is -2.54. The number of methoxy groups -OCH3 is 1. The quantitative estimate of drug-likeness (QED) is 0.788. The number of aryl methyl sites for hydroxylation is 1. The van der Waals surface area contributed by atoms with Crippen LogP contribution < -0.4 is 0 Å². The van der Waals surface area contributed by atoms with Gasteiger partial charge in [0, 0.05) is 38.2 Å². The van der Waals surface area contributed by atoms with E-state index in [2.05, 4.69) is 19.9 Å². The highest BCUT2D eigenvalue weighted by Crippen LogP contribution is 2.48. The number of nitrogens with zero attached hydrogens (tertiary/aromatic N) is 4. The Labute approximate surface area is 156 Å². The summed E-state index contributed by atoms with van der Waals surface area (Å²) in [5.74, 6) is 2.19. The van der Waals surface area contributed by atoms with E-state index in [4.69, 9.17) is 14.0 Å². The normalized spacial score (nSPS) is 33.9. The molecule has 3 fully saturated rings. The van der Waals surface area contributed by atoms with Gasteiger partial charge in [-0.25, -0.2) is 0 Å². The molecule has 3 heterocycles. The van der Waals surface area contributed by atoms with Gasteiger partial charge in [0.15, 0.2) is 5.82 Å². The zero-order valence-electron chi connectivity index (χ0n) is 16.2. The minimum absolute atomic E-state index is 0.269. The molecule has 0 aromatic carbocycles. The van der Waals surface area contributed by atoms with Crippen molar-refractivity contribution in [1.82, 2.24) is 19.9 Å². The van der Waals surface area contributed by atoms with Gasteiger partial charge in [-0.2, -0.15) is 4.98 Å². The maximum Gasteiger partial charge on any atom is 0.240 e. The number of morpholine rings is 1. The van der Waals surface area contributed by atoms with E-state index in [1.807, 2.05) is 14.0 Å². The molecule has 3 aliphatic rings. The third kappa shape index (κ3) is 3.81. The number of ether oxygens (including phenoxy) is 2. The van der Waals surface area contributed by atoms with Crippen LogP contribution in [0, 0.1) is 18.3 Å². The van der Waals surface area contributed by atoms with E-state index in [9.17, 15) is 0 Å². The summed E-state index contributed by atoms with van der Waals surface area (Å²) < 4.78 is 16.6. The molecule has 4 rings (SSSR count). The Morgan fingerprint density at radius 1 is 1.23 bits per heavy atom. The van der Waals surface area contributed by atoms with Gasteiger partial charge in [0.2, 0.25) is 5.89 Å². The molecule has 3 atom stereocenters. The molecule has 0 spiro atoms. The fourth-order valence-electron chi connectivity index (χ4n) is 5.38. The summed E-state index contributed by atoms with van der Waals surface area (Å²) in [6.07, 6.45) is 5.05. The predicted molar refractivity (Wildman–Crippen MR) is 96.8 cm³/mol. The minimum atomic E-state index is 0.269. The van der Waals surface area contributed by atoms with E-state index < -0.39 is 0 Å². The SMILES string of the molecule is COC[C@@]12CC[C@@H](N3CCOCC3)C[C@H]1CCN(Cc1nc(C)no1)C2. The molecule has 0 bridgehead atoms. The van der Waals surface area contributed by atoms with Gasteiger partial charge in [-0.15, -0.1) is 0 Å². The molecule has 146 valence electrons. The topological polar surface area (TPSA) is 63.9 Å². The molecule has 1 aliphatic carbocycles. The van der Waals surface area contributed by atoms with E-state index in [0.29, 0.717) is 5.82 Å². The molecule has 7 heteroatoms. The Morgan fingerprint density at radius 2 is 2.08 bits per heavy atom. The van der Waals surface area contributed by atoms with Gasteiger partial charge in [0.25, 0.3) is 0 Å². The zero-order valence-corrected chi connectivity index (χ0v) is 16.2. The lowest BCUT2D eigenvalue weighted by molar-refractivity contribution is -0.0882. The first kappa shape index (κ1) is 18.3.